The minimum Gasteiger partial charge on any atom is -0.469 e. The van der Waals surface area contributed by atoms with Gasteiger partial charge in [0, 0.05) is 16.2 Å². The summed E-state index contributed by atoms with van der Waals surface area (Å²) in [6.45, 7) is 3.64. The maximum Gasteiger partial charge on any atom is 0.319 e. The van der Waals surface area contributed by atoms with Crippen molar-refractivity contribution in [1.82, 2.24) is 5.32 Å². The van der Waals surface area contributed by atoms with Crippen molar-refractivity contribution in [2.24, 2.45) is 0 Å². The first-order valence-corrected chi connectivity index (χ1v) is 6.62. The number of benzene rings is 1. The van der Waals surface area contributed by atoms with Gasteiger partial charge < -0.3 is 15.4 Å². The van der Waals surface area contributed by atoms with E-state index in [1.54, 1.807) is 6.92 Å². The zero-order chi connectivity index (χ0) is 14.4. The third-order valence-electron chi connectivity index (χ3n) is 2.53. The molecule has 0 aliphatic heterocycles. The molecule has 0 saturated carbocycles. The van der Waals surface area contributed by atoms with Gasteiger partial charge in [-0.25, -0.2) is 4.79 Å². The molecule has 1 aromatic rings. The Balaban J connectivity index is 2.55. The summed E-state index contributed by atoms with van der Waals surface area (Å²) in [4.78, 5) is 22.8. The highest BCUT2D eigenvalue weighted by molar-refractivity contribution is 9.10. The molecule has 0 bridgehead atoms. The summed E-state index contributed by atoms with van der Waals surface area (Å²) in [6, 6.07) is 4.98. The van der Waals surface area contributed by atoms with Crippen LogP contribution < -0.4 is 10.6 Å². The van der Waals surface area contributed by atoms with Crippen LogP contribution in [-0.4, -0.2) is 25.2 Å². The molecule has 2 N–H and O–H groups in total. The van der Waals surface area contributed by atoms with Crippen LogP contribution in [0.5, 0.6) is 0 Å². The maximum atomic E-state index is 11.8. The van der Waals surface area contributed by atoms with Crippen LogP contribution in [0.25, 0.3) is 0 Å². The minimum atomic E-state index is -0.355. The average Bonchev–Trinajstić information content (AvgIpc) is 2.33. The van der Waals surface area contributed by atoms with E-state index in [1.807, 2.05) is 25.1 Å². The molecule has 1 atom stereocenters. The van der Waals surface area contributed by atoms with E-state index in [0.717, 1.165) is 15.7 Å². The van der Waals surface area contributed by atoms with Gasteiger partial charge in [-0.3, -0.25) is 4.79 Å². The predicted molar refractivity (Wildman–Crippen MR) is 77.1 cm³/mol. The van der Waals surface area contributed by atoms with E-state index in [9.17, 15) is 9.59 Å². The molecule has 6 heteroatoms. The Morgan fingerprint density at radius 3 is 2.74 bits per heavy atom. The molecule has 0 unspecified atom stereocenters. The van der Waals surface area contributed by atoms with Crippen molar-refractivity contribution >= 4 is 33.6 Å². The van der Waals surface area contributed by atoms with E-state index in [1.165, 1.54) is 7.11 Å². The smallest absolute Gasteiger partial charge is 0.319 e. The molecule has 5 nitrogen and oxygen atoms in total. The van der Waals surface area contributed by atoms with Crippen LogP contribution in [0.2, 0.25) is 0 Å². The Hall–Kier alpha value is -1.56. The van der Waals surface area contributed by atoms with Crippen LogP contribution in [0.4, 0.5) is 10.5 Å². The number of rotatable bonds is 4. The fourth-order valence-electron chi connectivity index (χ4n) is 1.50. The highest BCUT2D eigenvalue weighted by atomic mass is 79.9. The largest absolute Gasteiger partial charge is 0.469 e. The van der Waals surface area contributed by atoms with Gasteiger partial charge in [-0.2, -0.15) is 0 Å². The summed E-state index contributed by atoms with van der Waals surface area (Å²) in [6.07, 6.45) is 0.140. The first-order chi connectivity index (χ1) is 8.92. The number of amides is 2. The van der Waals surface area contributed by atoms with Gasteiger partial charge in [0.1, 0.15) is 0 Å². The highest BCUT2D eigenvalue weighted by Gasteiger charge is 2.12. The molecule has 0 radical (unpaired) electrons. The van der Waals surface area contributed by atoms with Crippen molar-refractivity contribution in [3.05, 3.63) is 28.2 Å². The first kappa shape index (κ1) is 15.5. The molecule has 0 aliphatic carbocycles. The Bertz CT molecular complexity index is 477. The lowest BCUT2D eigenvalue weighted by molar-refractivity contribution is -0.141. The SMILES string of the molecule is COC(=O)C[C@@H](C)NC(=O)Nc1cc(Br)ccc1C. The Labute approximate surface area is 120 Å². The number of carbonyl (C=O) groups excluding carboxylic acids is 2. The van der Waals surface area contributed by atoms with E-state index >= 15 is 0 Å². The lowest BCUT2D eigenvalue weighted by atomic mass is 10.2. The van der Waals surface area contributed by atoms with Crippen molar-refractivity contribution in [1.29, 1.82) is 0 Å². The van der Waals surface area contributed by atoms with Crippen LogP contribution >= 0.6 is 15.9 Å². The van der Waals surface area contributed by atoms with Crippen molar-refractivity contribution in [2.45, 2.75) is 26.3 Å². The number of nitrogens with one attached hydrogen (secondary N) is 2. The molecule has 0 heterocycles. The van der Waals surface area contributed by atoms with Crippen LogP contribution in [0, 0.1) is 6.92 Å². The number of urea groups is 1. The third kappa shape index (κ3) is 5.30. The molecule has 0 spiro atoms. The van der Waals surface area contributed by atoms with E-state index < -0.39 is 0 Å². The molecule has 19 heavy (non-hydrogen) atoms. The maximum absolute atomic E-state index is 11.8. The molecule has 104 valence electrons. The molecule has 0 fully saturated rings. The second-order valence-corrected chi connectivity index (χ2v) is 5.15. The molecule has 0 aliphatic rings. The first-order valence-electron chi connectivity index (χ1n) is 5.83. The average molecular weight is 329 g/mol. The van der Waals surface area contributed by atoms with Crippen LogP contribution in [0.15, 0.2) is 22.7 Å². The topological polar surface area (TPSA) is 67.4 Å². The van der Waals surface area contributed by atoms with Crippen molar-refractivity contribution < 1.29 is 14.3 Å². The summed E-state index contributed by atoms with van der Waals surface area (Å²) in [5.74, 6) is -0.355. The number of anilines is 1. The molecular weight excluding hydrogens is 312 g/mol. The summed E-state index contributed by atoms with van der Waals surface area (Å²) in [7, 11) is 1.32. The van der Waals surface area contributed by atoms with Crippen molar-refractivity contribution in [3.8, 4) is 0 Å². The summed E-state index contributed by atoms with van der Waals surface area (Å²) >= 11 is 3.35. The predicted octanol–water partition coefficient (Wildman–Crippen LogP) is 2.83. The fraction of sp³-hybridized carbons (Fsp3) is 0.385. The molecular formula is C13H17BrN2O3. The van der Waals surface area contributed by atoms with E-state index in [0.29, 0.717) is 0 Å². The summed E-state index contributed by atoms with van der Waals surface area (Å²) < 4.78 is 5.42. The molecule has 0 aromatic heterocycles. The zero-order valence-corrected chi connectivity index (χ0v) is 12.7. The van der Waals surface area contributed by atoms with E-state index in [4.69, 9.17) is 0 Å². The lowest BCUT2D eigenvalue weighted by Crippen LogP contribution is -2.37. The third-order valence-corrected chi connectivity index (χ3v) is 3.02. The normalized spacial score (nSPS) is 11.6. The van der Waals surface area contributed by atoms with Crippen molar-refractivity contribution in [3.63, 3.8) is 0 Å². The van der Waals surface area contributed by atoms with Gasteiger partial charge >= 0.3 is 12.0 Å². The van der Waals surface area contributed by atoms with Gasteiger partial charge in [0.15, 0.2) is 0 Å². The second kappa shape index (κ2) is 7.13. The number of carbonyl (C=O) groups is 2. The van der Waals surface area contributed by atoms with Crippen LogP contribution in [-0.2, 0) is 9.53 Å². The molecule has 1 aromatic carbocycles. The fourth-order valence-corrected chi connectivity index (χ4v) is 1.86. The number of ether oxygens (including phenoxy) is 1. The Morgan fingerprint density at radius 2 is 2.11 bits per heavy atom. The standard InChI is InChI=1S/C13H17BrN2O3/c1-8-4-5-10(14)7-11(8)16-13(18)15-9(2)6-12(17)19-3/h4-5,7,9H,6H2,1-3H3,(H2,15,16,18)/t9-/m1/s1. The number of methoxy groups -OCH3 is 1. The second-order valence-electron chi connectivity index (χ2n) is 4.24. The van der Waals surface area contributed by atoms with Crippen molar-refractivity contribution in [2.75, 3.05) is 12.4 Å². The van der Waals surface area contributed by atoms with Gasteiger partial charge in [0.05, 0.1) is 13.5 Å². The zero-order valence-electron chi connectivity index (χ0n) is 11.1. The highest BCUT2D eigenvalue weighted by Crippen LogP contribution is 2.20. The number of hydrogen-bond acceptors (Lipinski definition) is 3. The van der Waals surface area contributed by atoms with E-state index in [2.05, 4.69) is 31.3 Å². The number of hydrogen-bond donors (Lipinski definition) is 2. The number of esters is 1. The molecule has 0 saturated heterocycles. The Morgan fingerprint density at radius 1 is 1.42 bits per heavy atom. The Kier molecular flexibility index (Phi) is 5.82. The van der Waals surface area contributed by atoms with E-state index in [-0.39, 0.29) is 24.5 Å². The number of aryl methyl sites for hydroxylation is 1. The monoisotopic (exact) mass is 328 g/mol. The van der Waals surface area contributed by atoms with Gasteiger partial charge in [-0.15, -0.1) is 0 Å². The van der Waals surface area contributed by atoms with Gasteiger partial charge in [-0.1, -0.05) is 22.0 Å². The summed E-state index contributed by atoms with van der Waals surface area (Å²) in [5, 5.41) is 5.42. The lowest BCUT2D eigenvalue weighted by Gasteiger charge is -2.14. The minimum absolute atomic E-state index is 0.140. The number of halogens is 1. The molecule has 1 rings (SSSR count). The molecule has 2 amide bonds. The van der Waals surface area contributed by atoms with Gasteiger partial charge in [-0.05, 0) is 31.5 Å². The van der Waals surface area contributed by atoms with Gasteiger partial charge in [0.25, 0.3) is 0 Å². The quantitative estimate of drug-likeness (QED) is 0.835. The van der Waals surface area contributed by atoms with Gasteiger partial charge in [0.2, 0.25) is 0 Å². The van der Waals surface area contributed by atoms with Crippen LogP contribution in [0.3, 0.4) is 0 Å². The van der Waals surface area contributed by atoms with Crippen LogP contribution in [0.1, 0.15) is 18.9 Å². The summed E-state index contributed by atoms with van der Waals surface area (Å²) in [5.41, 5.74) is 1.68.